The number of hydrogen-bond acceptors (Lipinski definition) is 2. The van der Waals surface area contributed by atoms with Gasteiger partial charge in [-0.25, -0.2) is 9.78 Å². The number of nitrogens with one attached hydrogen (secondary N) is 3. The Morgan fingerprint density at radius 3 is 2.48 bits per heavy atom. The van der Waals surface area contributed by atoms with Gasteiger partial charge in [0.15, 0.2) is 0 Å². The lowest BCUT2D eigenvalue weighted by atomic mass is 10.1. The maximum Gasteiger partial charge on any atom is 0.416 e. The first-order chi connectivity index (χ1) is 12.9. The predicted molar refractivity (Wildman–Crippen MR) is 96.1 cm³/mol. The summed E-state index contributed by atoms with van der Waals surface area (Å²) < 4.78 is 37.5. The third kappa shape index (κ3) is 5.22. The maximum absolute atomic E-state index is 12.5. The summed E-state index contributed by atoms with van der Waals surface area (Å²) in [5, 5.41) is 5.34. The topological polar surface area (TPSA) is 69.8 Å². The first-order valence-corrected chi connectivity index (χ1v) is 8.53. The lowest BCUT2D eigenvalue weighted by molar-refractivity contribution is -0.137. The summed E-state index contributed by atoms with van der Waals surface area (Å²) in [6.07, 6.45) is -2.94. The van der Waals surface area contributed by atoms with Crippen molar-refractivity contribution in [1.82, 2.24) is 20.6 Å². The van der Waals surface area contributed by atoms with Gasteiger partial charge in [0.25, 0.3) is 0 Å². The molecule has 0 aliphatic rings. The van der Waals surface area contributed by atoms with E-state index in [4.69, 9.17) is 0 Å². The standard InChI is InChI=1S/C19H19F3N4O/c20-19(21,22)14-9-7-13(8-10-14)12-24-18(27)23-11-3-6-17-25-15-4-1-2-5-16(15)26-17/h1-2,4-5,7-10H,3,6,11-12H2,(H,25,26)(H2,23,24,27). The molecular formula is C19H19F3N4O. The Kier molecular flexibility index (Phi) is 5.63. The number of aromatic amines is 1. The number of aryl methyl sites for hydroxylation is 1. The fourth-order valence-electron chi connectivity index (χ4n) is 2.64. The minimum Gasteiger partial charge on any atom is -0.342 e. The van der Waals surface area contributed by atoms with Gasteiger partial charge in [0.1, 0.15) is 5.82 Å². The van der Waals surface area contributed by atoms with Crippen molar-refractivity contribution < 1.29 is 18.0 Å². The van der Waals surface area contributed by atoms with Crippen LogP contribution in [0, 0.1) is 0 Å². The van der Waals surface area contributed by atoms with E-state index in [0.717, 1.165) is 29.0 Å². The van der Waals surface area contributed by atoms with Gasteiger partial charge in [-0.2, -0.15) is 13.2 Å². The van der Waals surface area contributed by atoms with Gasteiger partial charge in [0.05, 0.1) is 16.6 Å². The third-order valence-corrected chi connectivity index (χ3v) is 4.05. The molecule has 5 nitrogen and oxygen atoms in total. The lowest BCUT2D eigenvalue weighted by Gasteiger charge is -2.09. The SMILES string of the molecule is O=C(NCCCc1nc2ccccc2[nH]1)NCc1ccc(C(F)(F)F)cc1. The van der Waals surface area contributed by atoms with Gasteiger partial charge in [-0.05, 0) is 36.2 Å². The second kappa shape index (κ2) is 8.11. The summed E-state index contributed by atoms with van der Waals surface area (Å²) in [5.41, 5.74) is 1.78. The van der Waals surface area contributed by atoms with Crippen LogP contribution in [-0.4, -0.2) is 22.5 Å². The largest absolute Gasteiger partial charge is 0.416 e. The molecule has 2 amide bonds. The van der Waals surface area contributed by atoms with E-state index < -0.39 is 11.7 Å². The van der Waals surface area contributed by atoms with Crippen molar-refractivity contribution in [1.29, 1.82) is 0 Å². The molecule has 0 bridgehead atoms. The number of imidazole rings is 1. The quantitative estimate of drug-likeness (QED) is 0.569. The average Bonchev–Trinajstić information content (AvgIpc) is 3.06. The summed E-state index contributed by atoms with van der Waals surface area (Å²) in [6.45, 7) is 0.628. The number of urea groups is 1. The van der Waals surface area contributed by atoms with Crippen molar-refractivity contribution in [2.75, 3.05) is 6.54 Å². The van der Waals surface area contributed by atoms with Crippen LogP contribution >= 0.6 is 0 Å². The van der Waals surface area contributed by atoms with Crippen LogP contribution in [-0.2, 0) is 19.1 Å². The van der Waals surface area contributed by atoms with Crippen LogP contribution in [0.3, 0.4) is 0 Å². The molecule has 0 saturated heterocycles. The highest BCUT2D eigenvalue weighted by Gasteiger charge is 2.29. The molecule has 8 heteroatoms. The number of alkyl halides is 3. The number of rotatable bonds is 6. The van der Waals surface area contributed by atoms with Gasteiger partial charge >= 0.3 is 12.2 Å². The number of halogens is 3. The number of aromatic nitrogens is 2. The molecule has 0 saturated carbocycles. The van der Waals surface area contributed by atoms with Crippen molar-refractivity contribution >= 4 is 17.1 Å². The summed E-state index contributed by atoms with van der Waals surface area (Å²) in [4.78, 5) is 19.5. The first kappa shape index (κ1) is 18.8. The second-order valence-electron chi connectivity index (χ2n) is 6.11. The Balaban J connectivity index is 1.37. The molecule has 2 aromatic carbocycles. The summed E-state index contributed by atoms with van der Waals surface area (Å²) in [6, 6.07) is 12.1. The Hall–Kier alpha value is -3.03. The molecule has 27 heavy (non-hydrogen) atoms. The molecule has 3 rings (SSSR count). The fraction of sp³-hybridized carbons (Fsp3) is 0.263. The molecule has 0 spiro atoms. The van der Waals surface area contributed by atoms with Crippen molar-refractivity contribution in [3.8, 4) is 0 Å². The number of carbonyl (C=O) groups is 1. The number of benzene rings is 2. The van der Waals surface area contributed by atoms with Gasteiger partial charge in [0.2, 0.25) is 0 Å². The van der Waals surface area contributed by atoms with Crippen LogP contribution in [0.25, 0.3) is 11.0 Å². The molecule has 0 aliphatic heterocycles. The smallest absolute Gasteiger partial charge is 0.342 e. The van der Waals surface area contributed by atoms with Crippen LogP contribution in [0.5, 0.6) is 0 Å². The minimum absolute atomic E-state index is 0.160. The highest BCUT2D eigenvalue weighted by molar-refractivity contribution is 5.75. The number of H-pyrrole nitrogens is 1. The zero-order valence-electron chi connectivity index (χ0n) is 14.4. The molecule has 142 valence electrons. The average molecular weight is 376 g/mol. The molecular weight excluding hydrogens is 357 g/mol. The second-order valence-corrected chi connectivity index (χ2v) is 6.11. The van der Waals surface area contributed by atoms with Gasteiger partial charge < -0.3 is 15.6 Å². The van der Waals surface area contributed by atoms with Gasteiger partial charge in [-0.1, -0.05) is 24.3 Å². The van der Waals surface area contributed by atoms with Crippen LogP contribution in [0.4, 0.5) is 18.0 Å². The van der Waals surface area contributed by atoms with E-state index in [1.54, 1.807) is 0 Å². The van der Waals surface area contributed by atoms with E-state index in [0.29, 0.717) is 24.9 Å². The van der Waals surface area contributed by atoms with E-state index in [9.17, 15) is 18.0 Å². The van der Waals surface area contributed by atoms with E-state index in [1.165, 1.54) is 12.1 Å². The lowest BCUT2D eigenvalue weighted by Crippen LogP contribution is -2.35. The highest BCUT2D eigenvalue weighted by Crippen LogP contribution is 2.29. The molecule has 0 atom stereocenters. The summed E-state index contributed by atoms with van der Waals surface area (Å²) in [5.74, 6) is 0.864. The minimum atomic E-state index is -4.36. The number of fused-ring (bicyclic) bond motifs is 1. The molecule has 0 unspecified atom stereocenters. The normalized spacial score (nSPS) is 11.5. The van der Waals surface area contributed by atoms with Gasteiger partial charge in [0, 0.05) is 19.5 Å². The van der Waals surface area contributed by atoms with E-state index in [1.807, 2.05) is 24.3 Å². The predicted octanol–water partition coefficient (Wildman–Crippen LogP) is 4.01. The Morgan fingerprint density at radius 2 is 1.78 bits per heavy atom. The van der Waals surface area contributed by atoms with Gasteiger partial charge in [-0.3, -0.25) is 0 Å². The van der Waals surface area contributed by atoms with Crippen molar-refractivity contribution in [3.63, 3.8) is 0 Å². The Morgan fingerprint density at radius 1 is 1.04 bits per heavy atom. The zero-order chi connectivity index (χ0) is 19.3. The molecule has 0 radical (unpaired) electrons. The molecule has 1 heterocycles. The third-order valence-electron chi connectivity index (χ3n) is 4.05. The zero-order valence-corrected chi connectivity index (χ0v) is 14.4. The van der Waals surface area contributed by atoms with Crippen LogP contribution < -0.4 is 10.6 Å². The molecule has 0 fully saturated rings. The fourth-order valence-corrected chi connectivity index (χ4v) is 2.64. The van der Waals surface area contributed by atoms with E-state index in [2.05, 4.69) is 20.6 Å². The number of carbonyl (C=O) groups excluding carboxylic acids is 1. The molecule has 0 aliphatic carbocycles. The Bertz CT molecular complexity index is 870. The van der Waals surface area contributed by atoms with Crippen molar-refractivity contribution in [2.45, 2.75) is 25.6 Å². The number of amides is 2. The maximum atomic E-state index is 12.5. The van der Waals surface area contributed by atoms with Crippen LogP contribution in [0.15, 0.2) is 48.5 Å². The van der Waals surface area contributed by atoms with Crippen LogP contribution in [0.2, 0.25) is 0 Å². The number of hydrogen-bond donors (Lipinski definition) is 3. The Labute approximate surface area is 154 Å². The summed E-state index contributed by atoms with van der Waals surface area (Å²) >= 11 is 0. The molecule has 3 N–H and O–H groups in total. The van der Waals surface area contributed by atoms with Crippen molar-refractivity contribution in [2.24, 2.45) is 0 Å². The highest BCUT2D eigenvalue weighted by atomic mass is 19.4. The van der Waals surface area contributed by atoms with Crippen LogP contribution in [0.1, 0.15) is 23.4 Å². The number of nitrogens with zero attached hydrogens (tertiary/aromatic N) is 1. The van der Waals surface area contributed by atoms with Gasteiger partial charge in [-0.15, -0.1) is 0 Å². The molecule has 3 aromatic rings. The number of para-hydroxylation sites is 2. The van der Waals surface area contributed by atoms with E-state index in [-0.39, 0.29) is 12.6 Å². The molecule has 1 aromatic heterocycles. The van der Waals surface area contributed by atoms with Crippen molar-refractivity contribution in [3.05, 3.63) is 65.5 Å². The summed E-state index contributed by atoms with van der Waals surface area (Å²) in [7, 11) is 0. The monoisotopic (exact) mass is 376 g/mol. The first-order valence-electron chi connectivity index (χ1n) is 8.53. The van der Waals surface area contributed by atoms with E-state index >= 15 is 0 Å².